The first-order valence-corrected chi connectivity index (χ1v) is 9.63. The number of nitrogens with zero attached hydrogens (tertiary/aromatic N) is 2. The van der Waals surface area contributed by atoms with E-state index in [1.54, 1.807) is 0 Å². The molecule has 2 aromatic heterocycles. The minimum absolute atomic E-state index is 0.0221. The highest BCUT2D eigenvalue weighted by Gasteiger charge is 2.31. The zero-order valence-electron chi connectivity index (χ0n) is 15.6. The Bertz CT molecular complexity index is 1450. The van der Waals surface area contributed by atoms with Crippen molar-refractivity contribution in [1.82, 2.24) is 14.5 Å². The Morgan fingerprint density at radius 2 is 1.64 bits per heavy atom. The average molecular weight is 368 g/mol. The van der Waals surface area contributed by atoms with Crippen molar-refractivity contribution in [3.05, 3.63) is 59.7 Å². The summed E-state index contributed by atoms with van der Waals surface area (Å²) in [5.74, 6) is 0.0221. The van der Waals surface area contributed by atoms with Gasteiger partial charge in [0.15, 0.2) is 0 Å². The average Bonchev–Trinajstić information content (AvgIpc) is 3.34. The van der Waals surface area contributed by atoms with Crippen LogP contribution in [0.2, 0.25) is 0 Å². The standard InChI is InChI=1S/C23H20N4O/c1-26-16-8-4-2-6-13(16)19-20-15(12-25-23(20)28)18-14-7-3-5-9-17(14)27(11-10-24)22(18)21(19)26/h2-9H,10-12,24H2,1H3,(H,25,28). The van der Waals surface area contributed by atoms with Gasteiger partial charge in [0.2, 0.25) is 0 Å². The van der Waals surface area contributed by atoms with Crippen LogP contribution in [0.5, 0.6) is 0 Å². The van der Waals surface area contributed by atoms with Crippen molar-refractivity contribution >= 4 is 49.5 Å². The van der Waals surface area contributed by atoms with Crippen LogP contribution < -0.4 is 11.1 Å². The number of para-hydroxylation sites is 2. The number of aromatic nitrogens is 2. The lowest BCUT2D eigenvalue weighted by Crippen LogP contribution is -2.12. The third-order valence-corrected chi connectivity index (χ3v) is 6.16. The summed E-state index contributed by atoms with van der Waals surface area (Å²) in [4.78, 5) is 12.9. The normalized spacial score (nSPS) is 13.9. The van der Waals surface area contributed by atoms with Gasteiger partial charge in [0, 0.05) is 59.3 Å². The van der Waals surface area contributed by atoms with Crippen LogP contribution in [0.3, 0.4) is 0 Å². The SMILES string of the molecule is Cn1c2ccccc2c2c3c(c4c5ccccc5n(CCN)c4c21)CNC3=O. The van der Waals surface area contributed by atoms with E-state index >= 15 is 0 Å². The fraction of sp³-hybridized carbons (Fsp3) is 0.174. The Morgan fingerprint density at radius 1 is 0.964 bits per heavy atom. The fourth-order valence-electron chi connectivity index (χ4n) is 5.10. The molecule has 0 atom stereocenters. The van der Waals surface area contributed by atoms with E-state index < -0.39 is 0 Å². The van der Waals surface area contributed by atoms with Crippen LogP contribution in [0.4, 0.5) is 0 Å². The van der Waals surface area contributed by atoms with Gasteiger partial charge >= 0.3 is 0 Å². The molecule has 1 amide bonds. The maximum absolute atomic E-state index is 12.9. The van der Waals surface area contributed by atoms with Gasteiger partial charge in [-0.05, 0) is 17.7 Å². The molecule has 5 heteroatoms. The number of aryl methyl sites for hydroxylation is 1. The van der Waals surface area contributed by atoms with Crippen LogP contribution in [0.25, 0.3) is 43.6 Å². The zero-order chi connectivity index (χ0) is 19.0. The highest BCUT2D eigenvalue weighted by atomic mass is 16.1. The third kappa shape index (κ3) is 1.72. The number of rotatable bonds is 2. The number of nitrogens with one attached hydrogen (secondary N) is 1. The van der Waals surface area contributed by atoms with Crippen molar-refractivity contribution in [2.24, 2.45) is 12.8 Å². The van der Waals surface area contributed by atoms with Crippen LogP contribution in [-0.2, 0) is 20.1 Å². The van der Waals surface area contributed by atoms with Crippen molar-refractivity contribution < 1.29 is 4.79 Å². The molecule has 1 aliphatic heterocycles. The lowest BCUT2D eigenvalue weighted by Gasteiger charge is -2.10. The Kier molecular flexibility index (Phi) is 3.01. The van der Waals surface area contributed by atoms with Crippen molar-refractivity contribution in [2.45, 2.75) is 13.1 Å². The summed E-state index contributed by atoms with van der Waals surface area (Å²) in [6.45, 7) is 1.87. The van der Waals surface area contributed by atoms with E-state index in [-0.39, 0.29) is 5.91 Å². The smallest absolute Gasteiger partial charge is 0.252 e. The summed E-state index contributed by atoms with van der Waals surface area (Å²) in [6.07, 6.45) is 0. The monoisotopic (exact) mass is 368 g/mol. The maximum Gasteiger partial charge on any atom is 0.252 e. The summed E-state index contributed by atoms with van der Waals surface area (Å²) in [6, 6.07) is 16.8. The molecule has 0 aliphatic carbocycles. The van der Waals surface area contributed by atoms with Gasteiger partial charge < -0.3 is 20.2 Å². The van der Waals surface area contributed by atoms with Gasteiger partial charge in [-0.25, -0.2) is 0 Å². The molecule has 28 heavy (non-hydrogen) atoms. The second-order valence-corrected chi connectivity index (χ2v) is 7.52. The van der Waals surface area contributed by atoms with Crippen LogP contribution in [-0.4, -0.2) is 21.6 Å². The summed E-state index contributed by atoms with van der Waals surface area (Å²) < 4.78 is 4.56. The van der Waals surface area contributed by atoms with Gasteiger partial charge in [0.05, 0.1) is 16.6 Å². The van der Waals surface area contributed by atoms with Gasteiger partial charge in [-0.2, -0.15) is 0 Å². The third-order valence-electron chi connectivity index (χ3n) is 6.16. The summed E-state index contributed by atoms with van der Waals surface area (Å²) >= 11 is 0. The minimum atomic E-state index is 0.0221. The molecule has 3 N–H and O–H groups in total. The van der Waals surface area contributed by atoms with Crippen LogP contribution in [0.1, 0.15) is 15.9 Å². The van der Waals surface area contributed by atoms with Crippen LogP contribution in [0.15, 0.2) is 48.5 Å². The van der Waals surface area contributed by atoms with Crippen LogP contribution in [0, 0.1) is 0 Å². The molecule has 0 fully saturated rings. The molecule has 6 rings (SSSR count). The van der Waals surface area contributed by atoms with Crippen molar-refractivity contribution in [3.8, 4) is 0 Å². The van der Waals surface area contributed by atoms with E-state index in [2.05, 4.69) is 57.9 Å². The predicted molar refractivity (Wildman–Crippen MR) is 114 cm³/mol. The lowest BCUT2D eigenvalue weighted by molar-refractivity contribution is 0.0967. The van der Waals surface area contributed by atoms with Gasteiger partial charge in [-0.15, -0.1) is 0 Å². The van der Waals surface area contributed by atoms with Gasteiger partial charge in [0.1, 0.15) is 0 Å². The Hall–Kier alpha value is -3.31. The van der Waals surface area contributed by atoms with Crippen molar-refractivity contribution in [2.75, 3.05) is 6.54 Å². The number of hydrogen-bond donors (Lipinski definition) is 2. The van der Waals surface area contributed by atoms with E-state index in [9.17, 15) is 4.79 Å². The second-order valence-electron chi connectivity index (χ2n) is 7.52. The number of carbonyl (C=O) groups excluding carboxylic acids is 1. The molecule has 0 saturated carbocycles. The minimum Gasteiger partial charge on any atom is -0.348 e. The number of hydrogen-bond acceptors (Lipinski definition) is 2. The molecule has 3 heterocycles. The molecule has 138 valence electrons. The molecular weight excluding hydrogens is 348 g/mol. The Balaban J connectivity index is 2.02. The molecule has 0 unspecified atom stereocenters. The number of benzene rings is 3. The number of carbonyl (C=O) groups is 1. The van der Waals surface area contributed by atoms with E-state index in [0.717, 1.165) is 39.5 Å². The first-order valence-electron chi connectivity index (χ1n) is 9.63. The Morgan fingerprint density at radius 3 is 2.39 bits per heavy atom. The molecule has 5 aromatic rings. The van der Waals surface area contributed by atoms with Gasteiger partial charge in [0.25, 0.3) is 5.91 Å². The molecule has 0 bridgehead atoms. The van der Waals surface area contributed by atoms with E-state index in [1.165, 1.54) is 21.8 Å². The summed E-state index contributed by atoms with van der Waals surface area (Å²) in [7, 11) is 2.09. The fourth-order valence-corrected chi connectivity index (χ4v) is 5.10. The molecule has 5 nitrogen and oxygen atoms in total. The highest BCUT2D eigenvalue weighted by Crippen LogP contribution is 2.44. The Labute approximate surface area is 161 Å². The van der Waals surface area contributed by atoms with E-state index in [1.807, 2.05) is 12.1 Å². The molecule has 0 spiro atoms. The van der Waals surface area contributed by atoms with Gasteiger partial charge in [-0.1, -0.05) is 36.4 Å². The topological polar surface area (TPSA) is 65.0 Å². The molecule has 0 radical (unpaired) electrons. The predicted octanol–water partition coefficient (Wildman–Crippen LogP) is 3.64. The summed E-state index contributed by atoms with van der Waals surface area (Å²) in [5.41, 5.74) is 12.5. The van der Waals surface area contributed by atoms with Crippen molar-refractivity contribution in [3.63, 3.8) is 0 Å². The first-order chi connectivity index (χ1) is 13.7. The maximum atomic E-state index is 12.9. The zero-order valence-corrected chi connectivity index (χ0v) is 15.6. The van der Waals surface area contributed by atoms with Gasteiger partial charge in [-0.3, -0.25) is 4.79 Å². The first kappa shape index (κ1) is 15.7. The second kappa shape index (κ2) is 5.36. The molecule has 0 saturated heterocycles. The highest BCUT2D eigenvalue weighted by molar-refractivity contribution is 6.30. The molecule has 1 aliphatic rings. The van der Waals surface area contributed by atoms with Crippen LogP contribution >= 0.6 is 0 Å². The van der Waals surface area contributed by atoms with E-state index in [0.29, 0.717) is 13.1 Å². The summed E-state index contributed by atoms with van der Waals surface area (Å²) in [5, 5.41) is 7.61. The quantitative estimate of drug-likeness (QED) is 0.500. The lowest BCUT2D eigenvalue weighted by atomic mass is 9.97. The molecule has 3 aromatic carbocycles. The van der Waals surface area contributed by atoms with Crippen molar-refractivity contribution in [1.29, 1.82) is 0 Å². The largest absolute Gasteiger partial charge is 0.348 e. The number of nitrogens with two attached hydrogens (primary N) is 1. The molecular formula is C23H20N4O. The number of amides is 1. The number of fused-ring (bicyclic) bond motifs is 10. The van der Waals surface area contributed by atoms with E-state index in [4.69, 9.17) is 5.73 Å².